The molecule has 0 bridgehead atoms. The molecule has 1 N–H and O–H groups in total. The number of anilines is 1. The Hall–Kier alpha value is -3.48. The summed E-state index contributed by atoms with van der Waals surface area (Å²) in [5.41, 5.74) is 0.883. The Morgan fingerprint density at radius 3 is 2.15 bits per heavy atom. The van der Waals surface area contributed by atoms with E-state index in [1.165, 1.54) is 17.0 Å². The van der Waals surface area contributed by atoms with Crippen molar-refractivity contribution in [2.24, 2.45) is 0 Å². The fourth-order valence-corrected chi connectivity index (χ4v) is 3.68. The van der Waals surface area contributed by atoms with E-state index in [9.17, 15) is 24.3 Å². The van der Waals surface area contributed by atoms with E-state index in [0.29, 0.717) is 19.4 Å². The lowest BCUT2D eigenvalue weighted by molar-refractivity contribution is -0.141. The molecule has 7 nitrogen and oxygen atoms in total. The number of imide groups is 1. The normalized spacial score (nSPS) is 18.7. The van der Waals surface area contributed by atoms with E-state index < -0.39 is 29.7 Å². The highest BCUT2D eigenvalue weighted by atomic mass is 16.4. The zero-order chi connectivity index (χ0) is 19.1. The molecule has 2 aliphatic rings. The number of carbonyl (C=O) groups excluding carboxylic acids is 3. The monoisotopic (exact) mass is 364 g/mol. The predicted octanol–water partition coefficient (Wildman–Crippen LogP) is 2.18. The zero-order valence-electron chi connectivity index (χ0n) is 14.3. The van der Waals surface area contributed by atoms with Gasteiger partial charge in [-0.1, -0.05) is 24.3 Å². The van der Waals surface area contributed by atoms with Crippen LogP contribution in [0.25, 0.3) is 0 Å². The van der Waals surface area contributed by atoms with Gasteiger partial charge >= 0.3 is 5.97 Å². The number of carbonyl (C=O) groups is 4. The standard InChI is InChI=1S/C20H16N2O5/c23-17(21-11-5-10-16(21)20(26)27)14-8-3-4-9-15(14)22-18(24)12-6-1-2-7-13(12)19(22)25/h1-4,6-9,16H,5,10-11H2,(H,26,27)/t16-/m0/s1. The summed E-state index contributed by atoms with van der Waals surface area (Å²) in [5, 5.41) is 9.35. The van der Waals surface area contributed by atoms with Crippen LogP contribution in [0.4, 0.5) is 5.69 Å². The van der Waals surface area contributed by atoms with Crippen molar-refractivity contribution in [2.45, 2.75) is 18.9 Å². The summed E-state index contributed by atoms with van der Waals surface area (Å²) in [6.45, 7) is 0.326. The maximum absolute atomic E-state index is 13.0. The second kappa shape index (κ2) is 6.35. The summed E-state index contributed by atoms with van der Waals surface area (Å²) in [7, 11) is 0. The number of likely N-dealkylation sites (tertiary alicyclic amines) is 1. The van der Waals surface area contributed by atoms with Crippen LogP contribution in [0.2, 0.25) is 0 Å². The third-order valence-corrected chi connectivity index (χ3v) is 4.97. The minimum absolute atomic E-state index is 0.139. The van der Waals surface area contributed by atoms with Crippen LogP contribution in [0.3, 0.4) is 0 Å². The molecule has 136 valence electrons. The summed E-state index contributed by atoms with van der Waals surface area (Å²) >= 11 is 0. The molecule has 4 rings (SSSR count). The maximum Gasteiger partial charge on any atom is 0.326 e. The third kappa shape index (κ3) is 2.59. The van der Waals surface area contributed by atoms with E-state index >= 15 is 0 Å². The number of hydrogen-bond acceptors (Lipinski definition) is 4. The third-order valence-electron chi connectivity index (χ3n) is 4.97. The van der Waals surface area contributed by atoms with Crippen LogP contribution in [0, 0.1) is 0 Å². The highest BCUT2D eigenvalue weighted by Gasteiger charge is 2.40. The maximum atomic E-state index is 13.0. The number of benzene rings is 2. The number of rotatable bonds is 3. The lowest BCUT2D eigenvalue weighted by atomic mass is 10.1. The molecule has 0 unspecified atom stereocenters. The fraction of sp³-hybridized carbons (Fsp3) is 0.200. The largest absolute Gasteiger partial charge is 0.480 e. The Kier molecular flexibility index (Phi) is 3.99. The van der Waals surface area contributed by atoms with Gasteiger partial charge in [-0.25, -0.2) is 9.69 Å². The quantitative estimate of drug-likeness (QED) is 0.843. The Morgan fingerprint density at radius 2 is 1.52 bits per heavy atom. The lowest BCUT2D eigenvalue weighted by Gasteiger charge is -2.24. The van der Waals surface area contributed by atoms with Gasteiger partial charge in [-0.15, -0.1) is 0 Å². The number of para-hydroxylation sites is 1. The van der Waals surface area contributed by atoms with Crippen molar-refractivity contribution in [3.8, 4) is 0 Å². The van der Waals surface area contributed by atoms with Gasteiger partial charge in [0.1, 0.15) is 6.04 Å². The molecule has 0 saturated carbocycles. The molecule has 1 saturated heterocycles. The lowest BCUT2D eigenvalue weighted by Crippen LogP contribution is -2.41. The average Bonchev–Trinajstić information content (AvgIpc) is 3.26. The van der Waals surface area contributed by atoms with Crippen LogP contribution in [0.5, 0.6) is 0 Å². The van der Waals surface area contributed by atoms with Crippen molar-refractivity contribution in [1.29, 1.82) is 0 Å². The van der Waals surface area contributed by atoms with Gasteiger partial charge in [0.25, 0.3) is 17.7 Å². The van der Waals surface area contributed by atoms with Crippen molar-refractivity contribution in [3.05, 3.63) is 65.2 Å². The minimum atomic E-state index is -1.06. The van der Waals surface area contributed by atoms with Crippen LogP contribution in [0.1, 0.15) is 43.9 Å². The van der Waals surface area contributed by atoms with E-state index in [-0.39, 0.29) is 22.4 Å². The highest BCUT2D eigenvalue weighted by Crippen LogP contribution is 2.32. The van der Waals surface area contributed by atoms with Gasteiger partial charge in [0.2, 0.25) is 0 Å². The molecule has 2 aromatic carbocycles. The average molecular weight is 364 g/mol. The first-order chi connectivity index (χ1) is 13.0. The summed E-state index contributed by atoms with van der Waals surface area (Å²) in [4.78, 5) is 52.3. The number of aliphatic carboxylic acids is 1. The van der Waals surface area contributed by atoms with Crippen LogP contribution < -0.4 is 4.90 Å². The first-order valence-corrected chi connectivity index (χ1v) is 8.61. The van der Waals surface area contributed by atoms with Crippen molar-refractivity contribution in [3.63, 3.8) is 0 Å². The molecule has 0 aliphatic carbocycles. The molecule has 7 heteroatoms. The molecule has 2 aromatic rings. The van der Waals surface area contributed by atoms with E-state index in [0.717, 1.165) is 4.90 Å². The molecule has 0 radical (unpaired) electrons. The molecule has 2 heterocycles. The van der Waals surface area contributed by atoms with E-state index in [4.69, 9.17) is 0 Å². The number of fused-ring (bicyclic) bond motifs is 1. The number of nitrogens with zero attached hydrogens (tertiary/aromatic N) is 2. The SMILES string of the molecule is O=C(O)[C@@H]1CCCN1C(=O)c1ccccc1N1C(=O)c2ccccc2C1=O. The molecular formula is C20H16N2O5. The summed E-state index contributed by atoms with van der Waals surface area (Å²) in [6.07, 6.45) is 0.980. The van der Waals surface area contributed by atoms with Gasteiger partial charge < -0.3 is 10.0 Å². The highest BCUT2D eigenvalue weighted by molar-refractivity contribution is 6.35. The Morgan fingerprint density at radius 1 is 0.926 bits per heavy atom. The Balaban J connectivity index is 1.75. The molecular weight excluding hydrogens is 348 g/mol. The van der Waals surface area contributed by atoms with Crippen LogP contribution in [-0.4, -0.2) is 46.3 Å². The number of hydrogen-bond donors (Lipinski definition) is 1. The van der Waals surface area contributed by atoms with Crippen molar-refractivity contribution < 1.29 is 24.3 Å². The van der Waals surface area contributed by atoms with Gasteiger partial charge in [0.15, 0.2) is 0 Å². The molecule has 1 fully saturated rings. The van der Waals surface area contributed by atoms with Crippen LogP contribution in [-0.2, 0) is 4.79 Å². The number of amides is 3. The zero-order valence-corrected chi connectivity index (χ0v) is 14.3. The Bertz CT molecular complexity index is 949. The predicted molar refractivity (Wildman–Crippen MR) is 95.7 cm³/mol. The van der Waals surface area contributed by atoms with Gasteiger partial charge in [0.05, 0.1) is 22.4 Å². The summed E-state index contributed by atoms with van der Waals surface area (Å²) in [5.74, 6) is -2.54. The van der Waals surface area contributed by atoms with E-state index in [1.54, 1.807) is 36.4 Å². The number of carboxylic acid groups (broad SMARTS) is 1. The second-order valence-corrected chi connectivity index (χ2v) is 6.50. The minimum Gasteiger partial charge on any atom is -0.480 e. The topological polar surface area (TPSA) is 95.0 Å². The first-order valence-electron chi connectivity index (χ1n) is 8.61. The second-order valence-electron chi connectivity index (χ2n) is 6.50. The summed E-state index contributed by atoms with van der Waals surface area (Å²) in [6, 6.07) is 11.9. The Labute approximate surface area is 154 Å². The molecule has 0 spiro atoms. The van der Waals surface area contributed by atoms with E-state index in [1.807, 2.05) is 0 Å². The van der Waals surface area contributed by atoms with Crippen LogP contribution in [0.15, 0.2) is 48.5 Å². The van der Waals surface area contributed by atoms with E-state index in [2.05, 4.69) is 0 Å². The van der Waals surface area contributed by atoms with Crippen LogP contribution >= 0.6 is 0 Å². The van der Waals surface area contributed by atoms with Crippen molar-refractivity contribution in [1.82, 2.24) is 4.90 Å². The molecule has 27 heavy (non-hydrogen) atoms. The van der Waals surface area contributed by atoms with Gasteiger partial charge in [-0.3, -0.25) is 14.4 Å². The molecule has 2 aliphatic heterocycles. The molecule has 1 atom stereocenters. The number of carboxylic acids is 1. The van der Waals surface area contributed by atoms with Gasteiger partial charge in [0, 0.05) is 6.54 Å². The van der Waals surface area contributed by atoms with Gasteiger partial charge in [-0.2, -0.15) is 0 Å². The smallest absolute Gasteiger partial charge is 0.326 e. The summed E-state index contributed by atoms with van der Waals surface area (Å²) < 4.78 is 0. The van der Waals surface area contributed by atoms with Gasteiger partial charge in [-0.05, 0) is 37.1 Å². The molecule has 0 aromatic heterocycles. The van der Waals surface area contributed by atoms with Crippen molar-refractivity contribution >= 4 is 29.4 Å². The fourth-order valence-electron chi connectivity index (χ4n) is 3.68. The molecule has 3 amide bonds. The van der Waals surface area contributed by atoms with Crippen molar-refractivity contribution in [2.75, 3.05) is 11.4 Å². The first kappa shape index (κ1) is 17.0.